The van der Waals surface area contributed by atoms with Gasteiger partial charge in [0.25, 0.3) is 0 Å². The molecule has 0 fully saturated rings. The second-order valence-electron chi connectivity index (χ2n) is 5.96. The third-order valence-corrected chi connectivity index (χ3v) is 4.07. The monoisotopic (exact) mass is 324 g/mol. The minimum Gasteiger partial charge on any atom is -0.321 e. The van der Waals surface area contributed by atoms with E-state index in [1.807, 2.05) is 36.4 Å². The molecule has 0 radical (unpaired) electrons. The van der Waals surface area contributed by atoms with Crippen LogP contribution in [0.1, 0.15) is 46.4 Å². The van der Waals surface area contributed by atoms with E-state index in [4.69, 9.17) is 11.5 Å². The van der Waals surface area contributed by atoms with Crippen molar-refractivity contribution in [2.45, 2.75) is 37.8 Å². The Morgan fingerprint density at radius 2 is 1.00 bits per heavy atom. The first-order valence-corrected chi connectivity index (χ1v) is 8.29. The molecule has 4 nitrogen and oxygen atoms in total. The molecule has 0 aliphatic carbocycles. The fourth-order valence-electron chi connectivity index (χ4n) is 2.62. The van der Waals surface area contributed by atoms with E-state index in [1.165, 1.54) is 0 Å². The Morgan fingerprint density at radius 3 is 1.33 bits per heavy atom. The Kier molecular flexibility index (Phi) is 6.85. The van der Waals surface area contributed by atoms with E-state index in [1.54, 1.807) is 24.3 Å². The van der Waals surface area contributed by atoms with Crippen molar-refractivity contribution >= 4 is 11.6 Å². The Bertz CT molecular complexity index is 596. The van der Waals surface area contributed by atoms with Crippen LogP contribution in [0.15, 0.2) is 60.7 Å². The Hall–Kier alpha value is -2.30. The zero-order valence-electron chi connectivity index (χ0n) is 13.7. The Morgan fingerprint density at radius 1 is 0.667 bits per heavy atom. The van der Waals surface area contributed by atoms with Crippen molar-refractivity contribution < 1.29 is 9.59 Å². The van der Waals surface area contributed by atoms with E-state index in [-0.39, 0.29) is 11.6 Å². The number of carbonyl (C=O) groups is 2. The summed E-state index contributed by atoms with van der Waals surface area (Å²) in [6.07, 6.45) is 2.74. The normalized spacial score (nSPS) is 13.2. The highest BCUT2D eigenvalue weighted by Crippen LogP contribution is 2.11. The van der Waals surface area contributed by atoms with Crippen LogP contribution in [0.5, 0.6) is 0 Å². The van der Waals surface area contributed by atoms with Crippen molar-refractivity contribution in [3.05, 3.63) is 71.8 Å². The molecule has 2 rings (SSSR count). The summed E-state index contributed by atoms with van der Waals surface area (Å²) in [4.78, 5) is 24.3. The summed E-state index contributed by atoms with van der Waals surface area (Å²) in [5, 5.41) is 0. The van der Waals surface area contributed by atoms with Crippen LogP contribution < -0.4 is 11.5 Å². The molecule has 126 valence electrons. The second-order valence-corrected chi connectivity index (χ2v) is 5.96. The largest absolute Gasteiger partial charge is 0.321 e. The molecule has 2 aromatic rings. The minimum absolute atomic E-state index is 0.0414. The number of ketones is 2. The van der Waals surface area contributed by atoms with Gasteiger partial charge < -0.3 is 11.5 Å². The Labute approximate surface area is 142 Å². The first-order chi connectivity index (χ1) is 11.6. The number of nitrogens with two attached hydrogens (primary N) is 2. The minimum atomic E-state index is -0.506. The van der Waals surface area contributed by atoms with Gasteiger partial charge in [0, 0.05) is 11.1 Å². The average molecular weight is 324 g/mol. The number of benzene rings is 2. The van der Waals surface area contributed by atoms with Gasteiger partial charge in [0.15, 0.2) is 11.6 Å². The van der Waals surface area contributed by atoms with Gasteiger partial charge in [0.2, 0.25) is 0 Å². The molecular weight excluding hydrogens is 300 g/mol. The fraction of sp³-hybridized carbons (Fsp3) is 0.300. The van der Waals surface area contributed by atoms with Crippen LogP contribution in [-0.4, -0.2) is 23.7 Å². The number of unbranched alkanes of at least 4 members (excludes halogenated alkanes) is 1. The standard InChI is InChI=1S/C20H24N2O2/c21-17(19(23)15-9-3-1-4-10-15)13-7-8-14-18(22)20(24)16-11-5-2-6-12-16/h1-6,9-12,17-18H,7-8,13-14,21-22H2/t17-,18+. The molecule has 2 aromatic carbocycles. The van der Waals surface area contributed by atoms with Gasteiger partial charge in [0.05, 0.1) is 12.1 Å². The van der Waals surface area contributed by atoms with E-state index in [0.29, 0.717) is 24.0 Å². The number of Topliss-reactive ketones (excluding diaryl/α,β-unsaturated/α-hetero) is 2. The molecule has 0 unspecified atom stereocenters. The quantitative estimate of drug-likeness (QED) is 0.548. The van der Waals surface area contributed by atoms with E-state index < -0.39 is 12.1 Å². The lowest BCUT2D eigenvalue weighted by Gasteiger charge is -2.13. The van der Waals surface area contributed by atoms with Crippen molar-refractivity contribution in [2.75, 3.05) is 0 Å². The van der Waals surface area contributed by atoms with Crippen molar-refractivity contribution in [2.24, 2.45) is 11.5 Å². The smallest absolute Gasteiger partial charge is 0.179 e. The molecule has 0 bridgehead atoms. The molecule has 2 atom stereocenters. The lowest BCUT2D eigenvalue weighted by Crippen LogP contribution is -2.32. The first-order valence-electron chi connectivity index (χ1n) is 8.29. The maximum Gasteiger partial charge on any atom is 0.179 e. The zero-order valence-corrected chi connectivity index (χ0v) is 13.7. The van der Waals surface area contributed by atoms with Crippen LogP contribution in [0.2, 0.25) is 0 Å². The van der Waals surface area contributed by atoms with E-state index in [0.717, 1.165) is 12.8 Å². The molecule has 4 heteroatoms. The predicted molar refractivity (Wildman–Crippen MR) is 96.0 cm³/mol. The SMILES string of the molecule is N[C@H](CCCC[C@H](N)C(=O)c1ccccc1)C(=O)c1ccccc1. The lowest BCUT2D eigenvalue weighted by atomic mass is 9.96. The zero-order chi connectivity index (χ0) is 17.4. The molecular formula is C20H24N2O2. The molecule has 4 N–H and O–H groups in total. The third-order valence-electron chi connectivity index (χ3n) is 4.07. The fourth-order valence-corrected chi connectivity index (χ4v) is 2.62. The molecule has 0 amide bonds. The number of hydrogen-bond acceptors (Lipinski definition) is 4. The van der Waals surface area contributed by atoms with Gasteiger partial charge in [-0.3, -0.25) is 9.59 Å². The first kappa shape index (κ1) is 18.0. The highest BCUT2D eigenvalue weighted by Gasteiger charge is 2.17. The van der Waals surface area contributed by atoms with Gasteiger partial charge in [-0.2, -0.15) is 0 Å². The number of rotatable bonds is 9. The molecule has 0 aliphatic heterocycles. The van der Waals surface area contributed by atoms with Gasteiger partial charge >= 0.3 is 0 Å². The van der Waals surface area contributed by atoms with Crippen molar-refractivity contribution in [1.82, 2.24) is 0 Å². The predicted octanol–water partition coefficient (Wildman–Crippen LogP) is 2.97. The topological polar surface area (TPSA) is 86.2 Å². The summed E-state index contributed by atoms with van der Waals surface area (Å²) in [5.41, 5.74) is 13.2. The van der Waals surface area contributed by atoms with Gasteiger partial charge in [-0.25, -0.2) is 0 Å². The summed E-state index contributed by atoms with van der Waals surface area (Å²) in [6, 6.07) is 17.1. The highest BCUT2D eigenvalue weighted by atomic mass is 16.1. The van der Waals surface area contributed by atoms with E-state index in [9.17, 15) is 9.59 Å². The molecule has 0 saturated heterocycles. The van der Waals surface area contributed by atoms with Crippen LogP contribution in [-0.2, 0) is 0 Å². The molecule has 0 aromatic heterocycles. The summed E-state index contributed by atoms with van der Waals surface area (Å²) in [5.74, 6) is -0.0829. The van der Waals surface area contributed by atoms with Crippen LogP contribution in [0.25, 0.3) is 0 Å². The van der Waals surface area contributed by atoms with Crippen molar-refractivity contribution in [3.63, 3.8) is 0 Å². The third kappa shape index (κ3) is 5.11. The summed E-state index contributed by atoms with van der Waals surface area (Å²) >= 11 is 0. The summed E-state index contributed by atoms with van der Waals surface area (Å²) in [6.45, 7) is 0. The summed E-state index contributed by atoms with van der Waals surface area (Å²) < 4.78 is 0. The maximum absolute atomic E-state index is 12.2. The average Bonchev–Trinajstić information content (AvgIpc) is 2.65. The van der Waals surface area contributed by atoms with Crippen molar-refractivity contribution in [1.29, 1.82) is 0 Å². The molecule has 0 heterocycles. The van der Waals surface area contributed by atoms with E-state index >= 15 is 0 Å². The highest BCUT2D eigenvalue weighted by molar-refractivity contribution is 6.00. The van der Waals surface area contributed by atoms with Crippen molar-refractivity contribution in [3.8, 4) is 0 Å². The summed E-state index contributed by atoms with van der Waals surface area (Å²) in [7, 11) is 0. The van der Waals surface area contributed by atoms with E-state index in [2.05, 4.69) is 0 Å². The molecule has 0 saturated carbocycles. The Balaban J connectivity index is 1.72. The number of hydrogen-bond donors (Lipinski definition) is 2. The van der Waals surface area contributed by atoms with Gasteiger partial charge in [-0.15, -0.1) is 0 Å². The maximum atomic E-state index is 12.2. The van der Waals surface area contributed by atoms with Gasteiger partial charge in [-0.1, -0.05) is 73.5 Å². The number of carbonyl (C=O) groups excluding carboxylic acids is 2. The lowest BCUT2D eigenvalue weighted by molar-refractivity contribution is 0.0942. The molecule has 0 spiro atoms. The van der Waals surface area contributed by atoms with Gasteiger partial charge in [0.1, 0.15) is 0 Å². The van der Waals surface area contributed by atoms with Crippen LogP contribution in [0.4, 0.5) is 0 Å². The van der Waals surface area contributed by atoms with Crippen LogP contribution in [0, 0.1) is 0 Å². The van der Waals surface area contributed by atoms with Crippen LogP contribution >= 0.6 is 0 Å². The van der Waals surface area contributed by atoms with Crippen LogP contribution in [0.3, 0.4) is 0 Å². The molecule has 24 heavy (non-hydrogen) atoms. The second kappa shape index (κ2) is 9.11. The van der Waals surface area contributed by atoms with Gasteiger partial charge in [-0.05, 0) is 12.8 Å². The molecule has 0 aliphatic rings.